The lowest BCUT2D eigenvalue weighted by Gasteiger charge is -2.20. The van der Waals surface area contributed by atoms with Gasteiger partial charge in [-0.05, 0) is 70.7 Å². The molecule has 2 N–H and O–H groups in total. The molecule has 0 radical (unpaired) electrons. The SMILES string of the molecule is CN=C(NCCCN1CCCCCC1)NCc1cccc(OCCN(C)C)c1. The molecule has 1 heterocycles. The molecule has 0 spiro atoms. The molecule has 0 atom stereocenters. The van der Waals surface area contributed by atoms with E-state index in [1.165, 1.54) is 50.9 Å². The predicted molar refractivity (Wildman–Crippen MR) is 118 cm³/mol. The summed E-state index contributed by atoms with van der Waals surface area (Å²) in [6.45, 7) is 7.00. The lowest BCUT2D eigenvalue weighted by Crippen LogP contribution is -2.38. The molecular formula is C22H39N5O. The van der Waals surface area contributed by atoms with Crippen molar-refractivity contribution >= 4 is 5.96 Å². The number of nitrogens with zero attached hydrogens (tertiary/aromatic N) is 3. The normalized spacial score (nSPS) is 16.1. The molecule has 0 aliphatic carbocycles. The second kappa shape index (κ2) is 13.4. The number of likely N-dealkylation sites (tertiary alicyclic amines) is 1. The van der Waals surface area contributed by atoms with Crippen molar-refractivity contribution in [2.24, 2.45) is 4.99 Å². The van der Waals surface area contributed by atoms with Crippen LogP contribution in [0.3, 0.4) is 0 Å². The summed E-state index contributed by atoms with van der Waals surface area (Å²) in [4.78, 5) is 9.06. The lowest BCUT2D eigenvalue weighted by atomic mass is 10.2. The van der Waals surface area contributed by atoms with Gasteiger partial charge in [-0.1, -0.05) is 25.0 Å². The van der Waals surface area contributed by atoms with Crippen LogP contribution in [-0.4, -0.2) is 76.2 Å². The monoisotopic (exact) mass is 389 g/mol. The van der Waals surface area contributed by atoms with Crippen molar-refractivity contribution in [3.8, 4) is 5.75 Å². The molecule has 6 heteroatoms. The molecule has 1 aromatic carbocycles. The van der Waals surface area contributed by atoms with Crippen molar-refractivity contribution in [3.63, 3.8) is 0 Å². The number of hydrogen-bond donors (Lipinski definition) is 2. The minimum atomic E-state index is 0.699. The van der Waals surface area contributed by atoms with Gasteiger partial charge in [0.15, 0.2) is 5.96 Å². The Hall–Kier alpha value is -1.79. The molecule has 0 saturated carbocycles. The number of guanidine groups is 1. The van der Waals surface area contributed by atoms with Gasteiger partial charge >= 0.3 is 0 Å². The summed E-state index contributed by atoms with van der Waals surface area (Å²) in [5, 5.41) is 6.83. The van der Waals surface area contributed by atoms with Crippen molar-refractivity contribution in [2.75, 3.05) is 60.5 Å². The smallest absolute Gasteiger partial charge is 0.191 e. The Morgan fingerprint density at radius 1 is 1.14 bits per heavy atom. The number of aliphatic imine (C=N–C) groups is 1. The Morgan fingerprint density at radius 2 is 1.93 bits per heavy atom. The summed E-state index contributed by atoms with van der Waals surface area (Å²) in [6.07, 6.45) is 6.65. The number of benzene rings is 1. The zero-order chi connectivity index (χ0) is 20.0. The molecule has 28 heavy (non-hydrogen) atoms. The van der Waals surface area contributed by atoms with Crippen LogP contribution in [-0.2, 0) is 6.54 Å². The zero-order valence-electron chi connectivity index (χ0n) is 18.0. The molecule has 0 bridgehead atoms. The molecule has 1 saturated heterocycles. The van der Waals surface area contributed by atoms with E-state index >= 15 is 0 Å². The molecular weight excluding hydrogens is 350 g/mol. The fourth-order valence-corrected chi connectivity index (χ4v) is 3.37. The Morgan fingerprint density at radius 3 is 2.64 bits per heavy atom. The molecule has 158 valence electrons. The maximum atomic E-state index is 5.82. The van der Waals surface area contributed by atoms with Gasteiger partial charge in [0.05, 0.1) is 0 Å². The van der Waals surface area contributed by atoms with Crippen LogP contribution in [0.15, 0.2) is 29.3 Å². The van der Waals surface area contributed by atoms with E-state index in [4.69, 9.17) is 4.74 Å². The average molecular weight is 390 g/mol. The van der Waals surface area contributed by atoms with Gasteiger partial charge in [0.1, 0.15) is 12.4 Å². The van der Waals surface area contributed by atoms with Crippen LogP contribution in [0.2, 0.25) is 0 Å². The van der Waals surface area contributed by atoms with E-state index in [9.17, 15) is 0 Å². The highest BCUT2D eigenvalue weighted by molar-refractivity contribution is 5.79. The third-order valence-corrected chi connectivity index (χ3v) is 5.03. The maximum absolute atomic E-state index is 5.82. The first-order valence-electron chi connectivity index (χ1n) is 10.7. The van der Waals surface area contributed by atoms with Gasteiger partial charge in [0.25, 0.3) is 0 Å². The number of ether oxygens (including phenoxy) is 1. The zero-order valence-corrected chi connectivity index (χ0v) is 18.0. The minimum absolute atomic E-state index is 0.699. The van der Waals surface area contributed by atoms with Gasteiger partial charge in [-0.25, -0.2) is 0 Å². The topological polar surface area (TPSA) is 52.1 Å². The van der Waals surface area contributed by atoms with Gasteiger partial charge in [-0.2, -0.15) is 0 Å². The Balaban J connectivity index is 1.65. The van der Waals surface area contributed by atoms with Crippen molar-refractivity contribution in [1.82, 2.24) is 20.4 Å². The van der Waals surface area contributed by atoms with E-state index in [-0.39, 0.29) is 0 Å². The summed E-state index contributed by atoms with van der Waals surface area (Å²) < 4.78 is 5.82. The molecule has 1 aromatic rings. The van der Waals surface area contributed by atoms with Gasteiger partial charge in [0, 0.05) is 26.7 Å². The number of hydrogen-bond acceptors (Lipinski definition) is 4. The van der Waals surface area contributed by atoms with E-state index in [1.54, 1.807) is 0 Å². The van der Waals surface area contributed by atoms with E-state index in [2.05, 4.69) is 51.7 Å². The summed E-state index contributed by atoms with van der Waals surface area (Å²) in [5.74, 6) is 1.77. The van der Waals surface area contributed by atoms with Crippen LogP contribution < -0.4 is 15.4 Å². The van der Waals surface area contributed by atoms with Crippen molar-refractivity contribution in [1.29, 1.82) is 0 Å². The van der Waals surface area contributed by atoms with E-state index in [0.29, 0.717) is 6.61 Å². The van der Waals surface area contributed by atoms with Crippen LogP contribution >= 0.6 is 0 Å². The van der Waals surface area contributed by atoms with Crippen molar-refractivity contribution in [3.05, 3.63) is 29.8 Å². The van der Waals surface area contributed by atoms with Crippen LogP contribution in [0.4, 0.5) is 0 Å². The highest BCUT2D eigenvalue weighted by atomic mass is 16.5. The summed E-state index contributed by atoms with van der Waals surface area (Å²) in [5.41, 5.74) is 1.19. The van der Waals surface area contributed by atoms with E-state index in [0.717, 1.165) is 37.8 Å². The first-order chi connectivity index (χ1) is 13.7. The molecule has 1 aliphatic rings. The highest BCUT2D eigenvalue weighted by Gasteiger charge is 2.08. The van der Waals surface area contributed by atoms with Crippen molar-refractivity contribution < 1.29 is 4.74 Å². The second-order valence-electron chi connectivity index (χ2n) is 7.76. The van der Waals surface area contributed by atoms with Crippen LogP contribution in [0.1, 0.15) is 37.7 Å². The van der Waals surface area contributed by atoms with Gasteiger partial charge in [0.2, 0.25) is 0 Å². The molecule has 1 fully saturated rings. The number of likely N-dealkylation sites (N-methyl/N-ethyl adjacent to an activating group) is 1. The molecule has 0 unspecified atom stereocenters. The minimum Gasteiger partial charge on any atom is -0.492 e. The lowest BCUT2D eigenvalue weighted by molar-refractivity contribution is 0.261. The van der Waals surface area contributed by atoms with Gasteiger partial charge in [-0.15, -0.1) is 0 Å². The number of nitrogens with one attached hydrogen (secondary N) is 2. The molecule has 2 rings (SSSR count). The fraction of sp³-hybridized carbons (Fsp3) is 0.682. The largest absolute Gasteiger partial charge is 0.492 e. The van der Waals surface area contributed by atoms with Gasteiger partial charge in [-0.3, -0.25) is 4.99 Å². The summed E-state index contributed by atoms with van der Waals surface area (Å²) >= 11 is 0. The van der Waals surface area contributed by atoms with Crippen LogP contribution in [0.25, 0.3) is 0 Å². The maximum Gasteiger partial charge on any atom is 0.191 e. The summed E-state index contributed by atoms with van der Waals surface area (Å²) in [6, 6.07) is 8.25. The van der Waals surface area contributed by atoms with Crippen LogP contribution in [0, 0.1) is 0 Å². The predicted octanol–water partition coefficient (Wildman–Crippen LogP) is 2.56. The molecule has 0 amide bonds. The Bertz CT molecular complexity index is 568. The summed E-state index contributed by atoms with van der Waals surface area (Å²) in [7, 11) is 5.93. The molecule has 1 aliphatic heterocycles. The van der Waals surface area contributed by atoms with E-state index < -0.39 is 0 Å². The highest BCUT2D eigenvalue weighted by Crippen LogP contribution is 2.13. The van der Waals surface area contributed by atoms with Crippen LogP contribution in [0.5, 0.6) is 5.75 Å². The average Bonchev–Trinajstić information content (AvgIpc) is 2.96. The Kier molecular flexibility index (Phi) is 10.8. The molecule has 6 nitrogen and oxygen atoms in total. The third kappa shape index (κ3) is 9.42. The Labute approximate surface area is 171 Å². The second-order valence-corrected chi connectivity index (χ2v) is 7.76. The standard InChI is InChI=1S/C22H39N5O/c1-23-22(24-12-9-15-27-13-6-4-5-7-14-27)25-19-20-10-8-11-21(18-20)28-17-16-26(2)3/h8,10-11,18H,4-7,9,12-17,19H2,1-3H3,(H2,23,24,25). The van der Waals surface area contributed by atoms with E-state index in [1.807, 2.05) is 19.2 Å². The third-order valence-electron chi connectivity index (χ3n) is 5.03. The fourth-order valence-electron chi connectivity index (χ4n) is 3.37. The quantitative estimate of drug-likeness (QED) is 0.366. The first-order valence-corrected chi connectivity index (χ1v) is 10.7. The number of rotatable bonds is 10. The first kappa shape index (κ1) is 22.5. The van der Waals surface area contributed by atoms with Crippen molar-refractivity contribution in [2.45, 2.75) is 38.6 Å². The molecule has 0 aromatic heterocycles. The van der Waals surface area contributed by atoms with Gasteiger partial charge < -0.3 is 25.2 Å².